The molecule has 1 aliphatic carbocycles. The van der Waals surface area contributed by atoms with Crippen LogP contribution in [0.5, 0.6) is 0 Å². The maximum Gasteiger partial charge on any atom is 0.273 e. The lowest BCUT2D eigenvalue weighted by molar-refractivity contribution is 0.148. The summed E-state index contributed by atoms with van der Waals surface area (Å²) in [6.45, 7) is 3.80. The average Bonchev–Trinajstić information content (AvgIpc) is 3.06. The zero-order valence-corrected chi connectivity index (χ0v) is 13.1. The van der Waals surface area contributed by atoms with Gasteiger partial charge in [0.2, 0.25) is 0 Å². The van der Waals surface area contributed by atoms with Gasteiger partial charge in [-0.05, 0) is 31.1 Å². The molecule has 0 spiro atoms. The highest BCUT2D eigenvalue weighted by Gasteiger charge is 2.29. The third kappa shape index (κ3) is 1.97. The van der Waals surface area contributed by atoms with Gasteiger partial charge in [-0.15, -0.1) is 0 Å². The van der Waals surface area contributed by atoms with Crippen molar-refractivity contribution in [1.82, 2.24) is 20.3 Å². The summed E-state index contributed by atoms with van der Waals surface area (Å²) in [6, 6.07) is 0. The maximum absolute atomic E-state index is 12.1. The Balaban J connectivity index is 1.98. The van der Waals surface area contributed by atoms with E-state index < -0.39 is 0 Å². The molecule has 0 fully saturated rings. The van der Waals surface area contributed by atoms with Gasteiger partial charge in [0.1, 0.15) is 5.76 Å². The number of aromatic nitrogens is 4. The number of H-pyrrole nitrogens is 2. The fraction of sp³-hybridized carbons (Fsp3) is 0.312. The highest BCUT2D eigenvalue weighted by atomic mass is 16.5. The van der Waals surface area contributed by atoms with Crippen molar-refractivity contribution in [1.29, 1.82) is 0 Å². The molecule has 7 heteroatoms. The minimum Gasteiger partial charge on any atom is -0.376 e. The minimum atomic E-state index is -0.191. The normalized spacial score (nSPS) is 17.3. The van der Waals surface area contributed by atoms with E-state index in [0.717, 1.165) is 39.4 Å². The molecule has 23 heavy (non-hydrogen) atoms. The summed E-state index contributed by atoms with van der Waals surface area (Å²) in [6.07, 6.45) is 4.08. The van der Waals surface area contributed by atoms with E-state index in [4.69, 9.17) is 9.26 Å². The number of hydrogen-bond donors (Lipinski definition) is 2. The van der Waals surface area contributed by atoms with Crippen molar-refractivity contribution in [3.05, 3.63) is 44.8 Å². The summed E-state index contributed by atoms with van der Waals surface area (Å²) in [5.74, 6) is 0.759. The van der Waals surface area contributed by atoms with Crippen LogP contribution in [0.2, 0.25) is 0 Å². The average molecular weight is 312 g/mol. The van der Waals surface area contributed by atoms with Crippen LogP contribution in [0.3, 0.4) is 0 Å². The molecule has 0 amide bonds. The van der Waals surface area contributed by atoms with Gasteiger partial charge in [0.05, 0.1) is 28.9 Å². The van der Waals surface area contributed by atoms with Crippen LogP contribution in [0.1, 0.15) is 28.3 Å². The van der Waals surface area contributed by atoms with Crippen LogP contribution in [0.4, 0.5) is 0 Å². The zero-order chi connectivity index (χ0) is 16.1. The first kappa shape index (κ1) is 14.0. The molecule has 3 aromatic heterocycles. The molecule has 2 N–H and O–H groups in total. The molecule has 3 aromatic rings. The first-order chi connectivity index (χ1) is 11.1. The third-order valence-corrected chi connectivity index (χ3v) is 4.40. The van der Waals surface area contributed by atoms with Crippen molar-refractivity contribution < 1.29 is 9.26 Å². The monoisotopic (exact) mass is 312 g/mol. The molecule has 0 radical (unpaired) electrons. The summed E-state index contributed by atoms with van der Waals surface area (Å²) in [4.78, 5) is 15.4. The lowest BCUT2D eigenvalue weighted by Crippen LogP contribution is -2.21. The fourth-order valence-corrected chi connectivity index (χ4v) is 3.37. The Morgan fingerprint density at radius 1 is 1.39 bits per heavy atom. The number of methoxy groups -OCH3 is 1. The molecule has 3 heterocycles. The van der Waals surface area contributed by atoms with Crippen molar-refractivity contribution in [2.24, 2.45) is 0 Å². The van der Waals surface area contributed by atoms with E-state index in [0.29, 0.717) is 11.8 Å². The van der Waals surface area contributed by atoms with Gasteiger partial charge in [-0.25, -0.2) is 5.10 Å². The van der Waals surface area contributed by atoms with Gasteiger partial charge < -0.3 is 14.2 Å². The molecule has 1 unspecified atom stereocenters. The van der Waals surface area contributed by atoms with E-state index in [1.54, 1.807) is 13.3 Å². The predicted molar refractivity (Wildman–Crippen MR) is 85.1 cm³/mol. The van der Waals surface area contributed by atoms with E-state index in [2.05, 4.69) is 20.3 Å². The summed E-state index contributed by atoms with van der Waals surface area (Å²) in [7, 11) is 1.67. The van der Waals surface area contributed by atoms with Crippen molar-refractivity contribution in [2.75, 3.05) is 7.11 Å². The second-order valence-corrected chi connectivity index (χ2v) is 5.73. The van der Waals surface area contributed by atoms with Crippen molar-refractivity contribution in [3.63, 3.8) is 0 Å². The van der Waals surface area contributed by atoms with Gasteiger partial charge in [-0.1, -0.05) is 5.16 Å². The third-order valence-electron chi connectivity index (χ3n) is 4.40. The lowest BCUT2D eigenvalue weighted by Gasteiger charge is -2.23. The van der Waals surface area contributed by atoms with Gasteiger partial charge in [0, 0.05) is 24.8 Å². The van der Waals surface area contributed by atoms with Gasteiger partial charge in [-0.2, -0.15) is 5.10 Å². The Bertz CT molecular complexity index is 973. The quantitative estimate of drug-likeness (QED) is 0.754. The highest BCUT2D eigenvalue weighted by Crippen LogP contribution is 2.36. The van der Waals surface area contributed by atoms with Gasteiger partial charge in [-0.3, -0.25) is 4.79 Å². The Kier molecular flexibility index (Phi) is 2.99. The summed E-state index contributed by atoms with van der Waals surface area (Å²) < 4.78 is 11.0. The first-order valence-electron chi connectivity index (χ1n) is 7.36. The minimum absolute atomic E-state index is 0.161. The van der Waals surface area contributed by atoms with Crippen LogP contribution in [-0.4, -0.2) is 33.6 Å². The smallest absolute Gasteiger partial charge is 0.273 e. The molecule has 7 nitrogen and oxygen atoms in total. The van der Waals surface area contributed by atoms with Gasteiger partial charge in [0.15, 0.2) is 0 Å². The van der Waals surface area contributed by atoms with Crippen molar-refractivity contribution in [2.45, 2.75) is 26.4 Å². The van der Waals surface area contributed by atoms with E-state index >= 15 is 0 Å². The Labute approximate surface area is 131 Å². The number of rotatable bonds is 2. The predicted octanol–water partition coefficient (Wildman–Crippen LogP) is 1.97. The van der Waals surface area contributed by atoms with Crippen LogP contribution < -0.4 is 5.56 Å². The van der Waals surface area contributed by atoms with Crippen LogP contribution in [0.15, 0.2) is 15.5 Å². The molecule has 1 atom stereocenters. The SMILES string of the molecule is COC1Cc2c([nH]c3cn[nH]c(=O)c23)C=C1c1c(C)noc1C. The summed E-state index contributed by atoms with van der Waals surface area (Å²) in [5.41, 5.74) is 5.19. The molecule has 0 aromatic carbocycles. The first-order valence-corrected chi connectivity index (χ1v) is 7.36. The zero-order valence-electron chi connectivity index (χ0n) is 13.1. The molecular formula is C16H16N4O3. The van der Waals surface area contributed by atoms with Crippen LogP contribution >= 0.6 is 0 Å². The number of nitrogens with one attached hydrogen (secondary N) is 2. The number of ether oxygens (including phenoxy) is 1. The second kappa shape index (κ2) is 4.92. The molecular weight excluding hydrogens is 296 g/mol. The van der Waals surface area contributed by atoms with Crippen LogP contribution in [0, 0.1) is 13.8 Å². The van der Waals surface area contributed by atoms with Gasteiger partial charge in [0.25, 0.3) is 5.56 Å². The number of nitrogens with zero attached hydrogens (tertiary/aromatic N) is 2. The van der Waals surface area contributed by atoms with E-state index in [9.17, 15) is 4.79 Å². The Morgan fingerprint density at radius 3 is 2.91 bits per heavy atom. The van der Waals surface area contributed by atoms with Crippen molar-refractivity contribution in [3.8, 4) is 0 Å². The fourth-order valence-electron chi connectivity index (χ4n) is 3.37. The number of aromatic amines is 2. The van der Waals surface area contributed by atoms with Crippen LogP contribution in [0.25, 0.3) is 22.6 Å². The molecule has 118 valence electrons. The molecule has 1 aliphatic rings. The molecule has 0 saturated heterocycles. The summed E-state index contributed by atoms with van der Waals surface area (Å²) >= 11 is 0. The lowest BCUT2D eigenvalue weighted by atomic mass is 9.88. The molecule has 0 aliphatic heterocycles. The van der Waals surface area contributed by atoms with E-state index in [-0.39, 0.29) is 11.7 Å². The molecule has 4 rings (SSSR count). The molecule has 0 saturated carbocycles. The maximum atomic E-state index is 12.1. The standard InChI is InChI=1S/C16H16N4O3/c1-7-14(8(2)23-20-7)10-4-11-9(5-13(10)22-3)15-12(18-11)6-17-19-16(15)21/h4,6,13,18H,5H2,1-3H3,(H,19,21). The number of hydrogen-bond acceptors (Lipinski definition) is 5. The Hall–Kier alpha value is -2.67. The number of aryl methyl sites for hydroxylation is 2. The van der Waals surface area contributed by atoms with Crippen molar-refractivity contribution >= 4 is 22.6 Å². The van der Waals surface area contributed by atoms with Gasteiger partial charge >= 0.3 is 0 Å². The largest absolute Gasteiger partial charge is 0.376 e. The van der Waals surface area contributed by atoms with Crippen LogP contribution in [-0.2, 0) is 11.2 Å². The van der Waals surface area contributed by atoms with E-state index in [1.165, 1.54) is 0 Å². The summed E-state index contributed by atoms with van der Waals surface area (Å²) in [5, 5.41) is 11.0. The molecule has 0 bridgehead atoms. The highest BCUT2D eigenvalue weighted by molar-refractivity contribution is 5.94. The number of fused-ring (bicyclic) bond motifs is 3. The second-order valence-electron chi connectivity index (χ2n) is 5.73. The topological polar surface area (TPSA) is 96.8 Å². The Morgan fingerprint density at radius 2 is 2.22 bits per heavy atom. The van der Waals surface area contributed by atoms with E-state index in [1.807, 2.05) is 19.9 Å².